The van der Waals surface area contributed by atoms with Gasteiger partial charge in [-0.2, -0.15) is 8.42 Å². The molecule has 1 aliphatic rings. The maximum absolute atomic E-state index is 13.0. The van der Waals surface area contributed by atoms with Crippen LogP contribution in [0.5, 0.6) is 0 Å². The van der Waals surface area contributed by atoms with Crippen molar-refractivity contribution in [3.05, 3.63) is 30.1 Å². The summed E-state index contributed by atoms with van der Waals surface area (Å²) in [4.78, 5) is 28.0. The maximum atomic E-state index is 13.0. The fraction of sp³-hybridized carbons (Fsp3) is 0.417. The zero-order chi connectivity index (χ0) is 15.6. The van der Waals surface area contributed by atoms with E-state index in [1.165, 1.54) is 6.20 Å². The van der Waals surface area contributed by atoms with E-state index in [-0.39, 0.29) is 6.42 Å². The number of carbonyl (C=O) groups excluding carboxylic acids is 1. The number of carboxylic acid groups (broad SMARTS) is 1. The Morgan fingerprint density at radius 3 is 2.71 bits per heavy atom. The molecular formula is C12H13FN2O5S. The third kappa shape index (κ3) is 3.54. The molecule has 1 N–H and O–H groups in total. The van der Waals surface area contributed by atoms with Crippen molar-refractivity contribution >= 4 is 22.1 Å². The molecule has 2 atom stereocenters. The molecule has 9 heteroatoms. The molecule has 1 aliphatic heterocycles. The molecule has 1 unspecified atom stereocenters. The van der Waals surface area contributed by atoms with Crippen LogP contribution in [0.15, 0.2) is 24.4 Å². The van der Waals surface area contributed by atoms with Crippen LogP contribution in [0.25, 0.3) is 0 Å². The molecule has 1 saturated heterocycles. The molecule has 2 heterocycles. The van der Waals surface area contributed by atoms with Gasteiger partial charge in [0.05, 0.1) is 0 Å². The summed E-state index contributed by atoms with van der Waals surface area (Å²) in [6.45, 7) is -0.457. The molecular weight excluding hydrogens is 303 g/mol. The predicted octanol–water partition coefficient (Wildman–Crippen LogP) is -0.0225. The smallest absolute Gasteiger partial charge is 0.326 e. The highest BCUT2D eigenvalue weighted by Gasteiger charge is 2.43. The van der Waals surface area contributed by atoms with Crippen LogP contribution in [0.2, 0.25) is 0 Å². The van der Waals surface area contributed by atoms with Crippen LogP contribution in [0.3, 0.4) is 0 Å². The van der Waals surface area contributed by atoms with E-state index in [2.05, 4.69) is 4.98 Å². The van der Waals surface area contributed by atoms with Crippen molar-refractivity contribution < 1.29 is 27.0 Å². The third-order valence-corrected chi connectivity index (χ3v) is 4.42. The Bertz CT molecular complexity index is 649. The summed E-state index contributed by atoms with van der Waals surface area (Å²) in [6.07, 6.45) is 0.876. The second-order valence-electron chi connectivity index (χ2n) is 4.73. The van der Waals surface area contributed by atoms with Gasteiger partial charge < -0.3 is 10.0 Å². The zero-order valence-corrected chi connectivity index (χ0v) is 11.7. The molecule has 0 saturated carbocycles. The monoisotopic (exact) mass is 316 g/mol. The van der Waals surface area contributed by atoms with Crippen molar-refractivity contribution in [2.24, 2.45) is 0 Å². The zero-order valence-electron chi connectivity index (χ0n) is 10.8. The molecule has 1 amide bonds. The SMILES string of the molecule is O=C(O)[C@H](Cc1ccccn1)N1CC(S(=O)(=O)F)CC1=O. The second-order valence-corrected chi connectivity index (χ2v) is 6.34. The Hall–Kier alpha value is -2.03. The molecule has 1 fully saturated rings. The number of likely N-dealkylation sites (tertiary alicyclic amines) is 1. The van der Waals surface area contributed by atoms with E-state index >= 15 is 0 Å². The lowest BCUT2D eigenvalue weighted by molar-refractivity contribution is -0.148. The molecule has 1 aromatic heterocycles. The highest BCUT2D eigenvalue weighted by Crippen LogP contribution is 2.23. The van der Waals surface area contributed by atoms with Crippen LogP contribution in [0.1, 0.15) is 12.1 Å². The number of halogens is 1. The number of aromatic nitrogens is 1. The van der Waals surface area contributed by atoms with E-state index < -0.39 is 46.4 Å². The number of hydrogen-bond acceptors (Lipinski definition) is 5. The van der Waals surface area contributed by atoms with E-state index in [9.17, 15) is 27.0 Å². The highest BCUT2D eigenvalue weighted by atomic mass is 32.3. The number of pyridine rings is 1. The van der Waals surface area contributed by atoms with Gasteiger partial charge in [0.1, 0.15) is 11.3 Å². The van der Waals surface area contributed by atoms with Crippen LogP contribution >= 0.6 is 0 Å². The van der Waals surface area contributed by atoms with Gasteiger partial charge in [0.15, 0.2) is 0 Å². The van der Waals surface area contributed by atoms with E-state index in [1.807, 2.05) is 0 Å². The summed E-state index contributed by atoms with van der Waals surface area (Å²) in [5.74, 6) is -1.98. The van der Waals surface area contributed by atoms with Crippen LogP contribution in [0.4, 0.5) is 3.89 Å². The molecule has 0 radical (unpaired) electrons. The molecule has 114 valence electrons. The van der Waals surface area contributed by atoms with E-state index in [4.69, 9.17) is 0 Å². The van der Waals surface area contributed by atoms with Gasteiger partial charge in [0, 0.05) is 31.3 Å². The van der Waals surface area contributed by atoms with Crippen molar-refractivity contribution in [1.29, 1.82) is 0 Å². The van der Waals surface area contributed by atoms with Crippen molar-refractivity contribution in [2.75, 3.05) is 6.54 Å². The molecule has 0 bridgehead atoms. The first kappa shape index (κ1) is 15.4. The number of carboxylic acids is 1. The van der Waals surface area contributed by atoms with Gasteiger partial charge in [0.2, 0.25) is 5.91 Å². The third-order valence-electron chi connectivity index (χ3n) is 3.31. The first-order valence-corrected chi connectivity index (χ1v) is 7.59. The van der Waals surface area contributed by atoms with Crippen LogP contribution in [-0.2, 0) is 26.2 Å². The van der Waals surface area contributed by atoms with E-state index in [1.54, 1.807) is 18.2 Å². The van der Waals surface area contributed by atoms with Gasteiger partial charge in [-0.15, -0.1) is 3.89 Å². The Morgan fingerprint density at radius 2 is 2.24 bits per heavy atom. The number of nitrogens with zero attached hydrogens (tertiary/aromatic N) is 2. The number of amides is 1. The lowest BCUT2D eigenvalue weighted by atomic mass is 10.1. The van der Waals surface area contributed by atoms with Crippen molar-refractivity contribution in [3.8, 4) is 0 Å². The normalized spacial score (nSPS) is 20.5. The Labute approximate surface area is 120 Å². The Balaban J connectivity index is 2.20. The molecule has 7 nitrogen and oxygen atoms in total. The number of carbonyl (C=O) groups is 2. The minimum atomic E-state index is -4.87. The first-order valence-electron chi connectivity index (χ1n) is 6.14. The Kier molecular flexibility index (Phi) is 4.21. The van der Waals surface area contributed by atoms with Gasteiger partial charge in [-0.25, -0.2) is 4.79 Å². The van der Waals surface area contributed by atoms with Gasteiger partial charge >= 0.3 is 16.2 Å². The standard InChI is InChI=1S/C12H13FN2O5S/c13-21(19,20)9-6-11(16)15(7-9)10(12(17)18)5-8-3-1-2-4-14-8/h1-4,9-10H,5-7H2,(H,17,18)/t9?,10-/m0/s1. The van der Waals surface area contributed by atoms with Crippen LogP contribution < -0.4 is 0 Å². The molecule has 2 rings (SSSR count). The van der Waals surface area contributed by atoms with Crippen LogP contribution in [-0.4, -0.2) is 53.1 Å². The lowest BCUT2D eigenvalue weighted by Crippen LogP contribution is -2.44. The molecule has 0 aromatic carbocycles. The van der Waals surface area contributed by atoms with E-state index in [0.29, 0.717) is 5.69 Å². The van der Waals surface area contributed by atoms with Crippen molar-refractivity contribution in [3.63, 3.8) is 0 Å². The quantitative estimate of drug-likeness (QED) is 0.765. The molecule has 1 aromatic rings. The summed E-state index contributed by atoms with van der Waals surface area (Å²) in [6, 6.07) is 3.66. The maximum Gasteiger partial charge on any atom is 0.326 e. The first-order chi connectivity index (χ1) is 9.79. The van der Waals surface area contributed by atoms with Crippen molar-refractivity contribution in [1.82, 2.24) is 9.88 Å². The lowest BCUT2D eigenvalue weighted by Gasteiger charge is -2.24. The minimum Gasteiger partial charge on any atom is -0.480 e. The fourth-order valence-electron chi connectivity index (χ4n) is 2.24. The van der Waals surface area contributed by atoms with Crippen LogP contribution in [0, 0.1) is 0 Å². The topological polar surface area (TPSA) is 105 Å². The highest BCUT2D eigenvalue weighted by molar-refractivity contribution is 7.87. The van der Waals surface area contributed by atoms with Gasteiger partial charge in [-0.3, -0.25) is 9.78 Å². The summed E-state index contributed by atoms with van der Waals surface area (Å²) in [5.41, 5.74) is 0.448. The van der Waals surface area contributed by atoms with E-state index in [0.717, 1.165) is 4.90 Å². The minimum absolute atomic E-state index is 0.0685. The van der Waals surface area contributed by atoms with Gasteiger partial charge in [-0.05, 0) is 12.1 Å². The fourth-order valence-corrected chi connectivity index (χ4v) is 2.92. The number of rotatable bonds is 5. The number of hydrogen-bond donors (Lipinski definition) is 1. The van der Waals surface area contributed by atoms with Gasteiger partial charge in [-0.1, -0.05) is 6.07 Å². The molecule has 0 spiro atoms. The largest absolute Gasteiger partial charge is 0.480 e. The second kappa shape index (κ2) is 5.76. The van der Waals surface area contributed by atoms with Crippen molar-refractivity contribution in [2.45, 2.75) is 24.1 Å². The van der Waals surface area contributed by atoms with Gasteiger partial charge in [0.25, 0.3) is 0 Å². The summed E-state index contributed by atoms with van der Waals surface area (Å²) >= 11 is 0. The predicted molar refractivity (Wildman–Crippen MR) is 69.5 cm³/mol. The average Bonchev–Trinajstić information content (AvgIpc) is 2.79. The summed E-state index contributed by atoms with van der Waals surface area (Å²) in [5, 5.41) is 7.73. The summed E-state index contributed by atoms with van der Waals surface area (Å²) in [7, 11) is -4.87. The number of aliphatic carboxylic acids is 1. The average molecular weight is 316 g/mol. The molecule has 0 aliphatic carbocycles. The Morgan fingerprint density at radius 1 is 1.52 bits per heavy atom. The summed E-state index contributed by atoms with van der Waals surface area (Å²) < 4.78 is 34.7. The molecule has 21 heavy (non-hydrogen) atoms.